The Kier molecular flexibility index (Phi) is 1.65. The fourth-order valence-corrected chi connectivity index (χ4v) is 0.613. The van der Waals surface area contributed by atoms with Gasteiger partial charge in [-0.15, -0.1) is 0 Å². The number of hydrogen-bond acceptors (Lipinski definition) is 3. The summed E-state index contributed by atoms with van der Waals surface area (Å²) in [6, 6.07) is 0. The van der Waals surface area contributed by atoms with Gasteiger partial charge in [0.2, 0.25) is 0 Å². The summed E-state index contributed by atoms with van der Waals surface area (Å²) in [6.45, 7) is 0. The normalized spacial score (nSPS) is 29.4. The van der Waals surface area contributed by atoms with Crippen molar-refractivity contribution in [2.75, 3.05) is 0 Å². The smallest absolute Gasteiger partial charge is 0.118 e. The Labute approximate surface area is 52.6 Å². The molecule has 0 aliphatic heterocycles. The van der Waals surface area contributed by atoms with Crippen LogP contribution in [0.1, 0.15) is 0 Å². The van der Waals surface area contributed by atoms with Crippen LogP contribution in [0.25, 0.3) is 0 Å². The van der Waals surface area contributed by atoms with Crippen molar-refractivity contribution in [2.24, 2.45) is 5.16 Å². The number of oxime groups is 1. The summed E-state index contributed by atoms with van der Waals surface area (Å²) < 4.78 is 0. The Hall–Kier alpha value is -1.09. The van der Waals surface area contributed by atoms with Crippen molar-refractivity contribution in [3.8, 4) is 0 Å². The minimum absolute atomic E-state index is 0.275. The molecular weight excluding hydrogens is 118 g/mol. The lowest BCUT2D eigenvalue weighted by molar-refractivity contribution is 0.269. The quantitative estimate of drug-likeness (QED) is 0.361. The summed E-state index contributed by atoms with van der Waals surface area (Å²) >= 11 is 0. The molecule has 0 saturated heterocycles. The minimum Gasteiger partial charge on any atom is -0.411 e. The van der Waals surface area contributed by atoms with Crippen molar-refractivity contribution in [2.45, 2.75) is 6.10 Å². The van der Waals surface area contributed by atoms with Gasteiger partial charge in [0.25, 0.3) is 0 Å². The molecule has 1 rings (SSSR count). The third-order valence-electron chi connectivity index (χ3n) is 1.09. The second-order valence-electron chi connectivity index (χ2n) is 1.71. The predicted molar refractivity (Wildman–Crippen MR) is 33.5 cm³/mol. The van der Waals surface area contributed by atoms with E-state index in [1.807, 2.05) is 0 Å². The fraction of sp³-hybridized carbons (Fsp3) is 0.167. The number of allylic oxidation sites excluding steroid dienone is 2. The van der Waals surface area contributed by atoms with Gasteiger partial charge in [-0.3, -0.25) is 0 Å². The number of aliphatic hydroxyl groups is 1. The van der Waals surface area contributed by atoms with Gasteiger partial charge in [0, 0.05) is 0 Å². The van der Waals surface area contributed by atoms with Crippen molar-refractivity contribution in [3.63, 3.8) is 0 Å². The highest BCUT2D eigenvalue weighted by molar-refractivity contribution is 6.00. The third kappa shape index (κ3) is 1.17. The molecule has 1 aliphatic carbocycles. The van der Waals surface area contributed by atoms with Gasteiger partial charge in [0.05, 0.1) is 0 Å². The first-order valence-corrected chi connectivity index (χ1v) is 2.59. The van der Waals surface area contributed by atoms with E-state index in [0.717, 1.165) is 0 Å². The van der Waals surface area contributed by atoms with E-state index in [0.29, 0.717) is 0 Å². The van der Waals surface area contributed by atoms with Crippen molar-refractivity contribution in [1.29, 1.82) is 0 Å². The van der Waals surface area contributed by atoms with E-state index in [-0.39, 0.29) is 5.71 Å². The number of aliphatic hydroxyl groups excluding tert-OH is 1. The maximum Gasteiger partial charge on any atom is 0.118 e. The first-order chi connectivity index (χ1) is 4.34. The Bertz CT molecular complexity index is 181. The topological polar surface area (TPSA) is 52.8 Å². The van der Waals surface area contributed by atoms with E-state index >= 15 is 0 Å². The first-order valence-electron chi connectivity index (χ1n) is 2.59. The second kappa shape index (κ2) is 2.46. The van der Waals surface area contributed by atoms with E-state index in [2.05, 4.69) is 5.16 Å². The lowest BCUT2D eigenvalue weighted by Gasteiger charge is -2.05. The van der Waals surface area contributed by atoms with Crippen molar-refractivity contribution >= 4 is 5.71 Å². The Morgan fingerprint density at radius 3 is 2.67 bits per heavy atom. The fourth-order valence-electron chi connectivity index (χ4n) is 0.613. The van der Waals surface area contributed by atoms with Gasteiger partial charge in [-0.25, -0.2) is 0 Å². The van der Waals surface area contributed by atoms with Crippen LogP contribution in [-0.4, -0.2) is 22.1 Å². The predicted octanol–water partition coefficient (Wildman–Crippen LogP) is 0.303. The van der Waals surface area contributed by atoms with Crippen LogP contribution in [-0.2, 0) is 0 Å². The van der Waals surface area contributed by atoms with Gasteiger partial charge < -0.3 is 10.3 Å². The Balaban J connectivity index is 2.78. The molecule has 1 unspecified atom stereocenters. The van der Waals surface area contributed by atoms with E-state index in [9.17, 15) is 0 Å². The molecule has 0 aromatic heterocycles. The molecule has 0 heterocycles. The van der Waals surface area contributed by atoms with Crippen LogP contribution in [0.3, 0.4) is 0 Å². The first kappa shape index (κ1) is 6.04. The lowest BCUT2D eigenvalue weighted by Crippen LogP contribution is -2.16. The molecule has 1 aliphatic rings. The Morgan fingerprint density at radius 2 is 2.22 bits per heavy atom. The van der Waals surface area contributed by atoms with Crippen LogP contribution in [0, 0.1) is 0 Å². The molecule has 0 spiro atoms. The van der Waals surface area contributed by atoms with Crippen molar-refractivity contribution in [1.82, 2.24) is 0 Å². The summed E-state index contributed by atoms with van der Waals surface area (Å²) in [5.74, 6) is 0. The van der Waals surface area contributed by atoms with Gasteiger partial charge in [-0.1, -0.05) is 23.4 Å². The standard InChI is InChI=1S/C6H7NO2/c8-6-4-2-1-3-5(6)7-9/h1-4,6,8-9H/b7-5+. The van der Waals surface area contributed by atoms with Crippen LogP contribution in [0.2, 0.25) is 0 Å². The molecule has 3 nitrogen and oxygen atoms in total. The molecule has 0 amide bonds. The average Bonchev–Trinajstić information content (AvgIpc) is 1.89. The largest absolute Gasteiger partial charge is 0.411 e. The number of hydrogen-bond donors (Lipinski definition) is 2. The molecule has 2 N–H and O–H groups in total. The molecule has 0 fully saturated rings. The van der Waals surface area contributed by atoms with E-state index in [4.69, 9.17) is 10.3 Å². The van der Waals surface area contributed by atoms with Gasteiger partial charge >= 0.3 is 0 Å². The van der Waals surface area contributed by atoms with Gasteiger partial charge in [-0.2, -0.15) is 0 Å². The van der Waals surface area contributed by atoms with Crippen LogP contribution in [0.5, 0.6) is 0 Å². The van der Waals surface area contributed by atoms with Crippen molar-refractivity contribution in [3.05, 3.63) is 24.3 Å². The molecule has 0 saturated carbocycles. The second-order valence-corrected chi connectivity index (χ2v) is 1.71. The van der Waals surface area contributed by atoms with Crippen LogP contribution in [0.4, 0.5) is 0 Å². The monoisotopic (exact) mass is 125 g/mol. The van der Waals surface area contributed by atoms with Gasteiger partial charge in [0.15, 0.2) is 0 Å². The average molecular weight is 125 g/mol. The molecule has 0 bridgehead atoms. The zero-order valence-electron chi connectivity index (χ0n) is 4.73. The zero-order valence-corrected chi connectivity index (χ0v) is 4.73. The van der Waals surface area contributed by atoms with Crippen LogP contribution in [0.15, 0.2) is 29.5 Å². The molecule has 0 radical (unpaired) electrons. The summed E-state index contributed by atoms with van der Waals surface area (Å²) in [6.07, 6.45) is 5.72. The van der Waals surface area contributed by atoms with E-state index < -0.39 is 6.10 Å². The highest BCUT2D eigenvalue weighted by Gasteiger charge is 2.07. The minimum atomic E-state index is -0.750. The summed E-state index contributed by atoms with van der Waals surface area (Å²) in [4.78, 5) is 0. The summed E-state index contributed by atoms with van der Waals surface area (Å²) in [5, 5.41) is 20.0. The van der Waals surface area contributed by atoms with Crippen molar-refractivity contribution < 1.29 is 10.3 Å². The summed E-state index contributed by atoms with van der Waals surface area (Å²) in [7, 11) is 0. The Morgan fingerprint density at radius 1 is 1.44 bits per heavy atom. The maximum absolute atomic E-state index is 8.94. The van der Waals surface area contributed by atoms with E-state index in [1.54, 1.807) is 18.2 Å². The van der Waals surface area contributed by atoms with Gasteiger partial charge in [0.1, 0.15) is 11.8 Å². The molecular formula is C6H7NO2. The molecule has 48 valence electrons. The number of nitrogens with zero attached hydrogens (tertiary/aromatic N) is 1. The third-order valence-corrected chi connectivity index (χ3v) is 1.09. The zero-order chi connectivity index (χ0) is 6.69. The van der Waals surface area contributed by atoms with Crippen LogP contribution >= 0.6 is 0 Å². The van der Waals surface area contributed by atoms with E-state index in [1.165, 1.54) is 6.08 Å². The summed E-state index contributed by atoms with van der Waals surface area (Å²) in [5.41, 5.74) is 0.275. The molecule has 1 atom stereocenters. The number of rotatable bonds is 0. The SMILES string of the molecule is O/N=C1\C=CC=CC1O. The maximum atomic E-state index is 8.94. The molecule has 3 heteroatoms. The lowest BCUT2D eigenvalue weighted by atomic mass is 10.1. The highest BCUT2D eigenvalue weighted by Crippen LogP contribution is 1.99. The highest BCUT2D eigenvalue weighted by atomic mass is 16.4. The van der Waals surface area contributed by atoms with Gasteiger partial charge in [-0.05, 0) is 6.08 Å². The van der Waals surface area contributed by atoms with Crippen LogP contribution < -0.4 is 0 Å². The molecule has 9 heavy (non-hydrogen) atoms. The molecule has 0 aromatic carbocycles. The molecule has 0 aromatic rings.